The average Bonchev–Trinajstić information content (AvgIpc) is 2.77. The first-order valence-corrected chi connectivity index (χ1v) is 9.45. The van der Waals surface area contributed by atoms with E-state index in [0.717, 1.165) is 12.1 Å². The molecule has 4 aromatic rings. The lowest BCUT2D eigenvalue weighted by molar-refractivity contribution is -0.137. The first-order chi connectivity index (χ1) is 15.2. The standard InChI is InChI=1S/C24H15F3N2O3/c25-24(26,27)17-5-3-4-15(14-17)8-13-21-28-20-7-2-1-6-19(20)22(30)29(21)18-11-9-16(10-12-18)23(31)32/h1-14H,(H,31,32). The Morgan fingerprint density at radius 1 is 0.938 bits per heavy atom. The highest BCUT2D eigenvalue weighted by Gasteiger charge is 2.30. The van der Waals surface area contributed by atoms with Crippen molar-refractivity contribution >= 4 is 29.0 Å². The minimum absolute atomic E-state index is 0.0524. The van der Waals surface area contributed by atoms with E-state index in [9.17, 15) is 22.8 Å². The Labute approximate surface area is 179 Å². The molecule has 0 saturated heterocycles. The molecule has 0 amide bonds. The molecule has 0 saturated carbocycles. The van der Waals surface area contributed by atoms with Crippen molar-refractivity contribution in [2.45, 2.75) is 6.18 Å². The molecule has 0 atom stereocenters. The Morgan fingerprint density at radius 2 is 1.66 bits per heavy atom. The summed E-state index contributed by atoms with van der Waals surface area (Å²) >= 11 is 0. The number of aromatic nitrogens is 2. The Kier molecular flexibility index (Phi) is 5.36. The van der Waals surface area contributed by atoms with Crippen molar-refractivity contribution in [1.82, 2.24) is 9.55 Å². The number of aromatic carboxylic acids is 1. The first-order valence-electron chi connectivity index (χ1n) is 9.45. The van der Waals surface area contributed by atoms with Crippen LogP contribution in [0.5, 0.6) is 0 Å². The van der Waals surface area contributed by atoms with E-state index in [2.05, 4.69) is 4.98 Å². The van der Waals surface area contributed by atoms with Gasteiger partial charge in [0.05, 0.1) is 27.7 Å². The zero-order chi connectivity index (χ0) is 22.9. The maximum absolute atomic E-state index is 13.2. The number of carboxylic acid groups (broad SMARTS) is 1. The molecule has 0 spiro atoms. The summed E-state index contributed by atoms with van der Waals surface area (Å²) in [5.74, 6) is -0.917. The van der Waals surface area contributed by atoms with Crippen LogP contribution >= 0.6 is 0 Å². The van der Waals surface area contributed by atoms with Gasteiger partial charge in [0.15, 0.2) is 0 Å². The minimum atomic E-state index is -4.47. The molecule has 5 nitrogen and oxygen atoms in total. The van der Waals surface area contributed by atoms with Crippen LogP contribution in [-0.2, 0) is 6.18 Å². The Bertz CT molecular complexity index is 1400. The number of carbonyl (C=O) groups is 1. The van der Waals surface area contributed by atoms with Gasteiger partial charge in [-0.15, -0.1) is 0 Å². The number of halogens is 3. The number of rotatable bonds is 4. The monoisotopic (exact) mass is 436 g/mol. The van der Waals surface area contributed by atoms with Crippen LogP contribution in [0.4, 0.5) is 13.2 Å². The number of alkyl halides is 3. The highest BCUT2D eigenvalue weighted by Crippen LogP contribution is 2.30. The molecule has 3 aromatic carbocycles. The van der Waals surface area contributed by atoms with Crippen LogP contribution in [0.1, 0.15) is 27.3 Å². The molecule has 0 radical (unpaired) electrons. The predicted octanol–water partition coefficient (Wildman–Crippen LogP) is 5.27. The lowest BCUT2D eigenvalue weighted by atomic mass is 10.1. The number of para-hydroxylation sites is 1. The molecule has 1 N–H and O–H groups in total. The van der Waals surface area contributed by atoms with E-state index < -0.39 is 17.7 Å². The van der Waals surface area contributed by atoms with Crippen LogP contribution in [0.3, 0.4) is 0 Å². The molecule has 4 rings (SSSR count). The lowest BCUT2D eigenvalue weighted by Crippen LogP contribution is -2.22. The summed E-state index contributed by atoms with van der Waals surface area (Å²) in [6, 6.07) is 17.2. The quantitative estimate of drug-likeness (QED) is 0.473. The molecule has 8 heteroatoms. The minimum Gasteiger partial charge on any atom is -0.478 e. The van der Waals surface area contributed by atoms with Crippen molar-refractivity contribution < 1.29 is 23.1 Å². The van der Waals surface area contributed by atoms with Gasteiger partial charge in [-0.1, -0.05) is 30.3 Å². The van der Waals surface area contributed by atoms with E-state index in [0.29, 0.717) is 16.6 Å². The van der Waals surface area contributed by atoms with E-state index in [1.54, 1.807) is 24.3 Å². The smallest absolute Gasteiger partial charge is 0.416 e. The van der Waals surface area contributed by atoms with Crippen molar-refractivity contribution in [2.75, 3.05) is 0 Å². The lowest BCUT2D eigenvalue weighted by Gasteiger charge is -2.12. The van der Waals surface area contributed by atoms with Crippen molar-refractivity contribution in [3.8, 4) is 5.69 Å². The molecule has 0 unspecified atom stereocenters. The molecular weight excluding hydrogens is 421 g/mol. The summed E-state index contributed by atoms with van der Waals surface area (Å²) in [7, 11) is 0. The zero-order valence-corrected chi connectivity index (χ0v) is 16.4. The highest BCUT2D eigenvalue weighted by atomic mass is 19.4. The van der Waals surface area contributed by atoms with Gasteiger partial charge in [0.2, 0.25) is 0 Å². The Hall–Kier alpha value is -4.20. The molecule has 32 heavy (non-hydrogen) atoms. The Balaban J connectivity index is 1.87. The molecule has 0 aliphatic heterocycles. The van der Waals surface area contributed by atoms with Gasteiger partial charge in [0.1, 0.15) is 5.82 Å². The number of hydrogen-bond acceptors (Lipinski definition) is 3. The van der Waals surface area contributed by atoms with Gasteiger partial charge in [-0.25, -0.2) is 9.78 Å². The van der Waals surface area contributed by atoms with Crippen molar-refractivity contribution in [1.29, 1.82) is 0 Å². The molecule has 1 aromatic heterocycles. The molecule has 0 aliphatic carbocycles. The second-order valence-electron chi connectivity index (χ2n) is 6.94. The van der Waals surface area contributed by atoms with Crippen molar-refractivity contribution in [2.24, 2.45) is 0 Å². The Morgan fingerprint density at radius 3 is 2.34 bits per heavy atom. The van der Waals surface area contributed by atoms with E-state index in [4.69, 9.17) is 5.11 Å². The van der Waals surface area contributed by atoms with Crippen LogP contribution in [-0.4, -0.2) is 20.6 Å². The average molecular weight is 436 g/mol. The largest absolute Gasteiger partial charge is 0.478 e. The number of nitrogens with zero attached hydrogens (tertiary/aromatic N) is 2. The summed E-state index contributed by atoms with van der Waals surface area (Å²) in [4.78, 5) is 28.8. The van der Waals surface area contributed by atoms with Gasteiger partial charge in [-0.3, -0.25) is 9.36 Å². The second-order valence-corrected chi connectivity index (χ2v) is 6.94. The molecule has 0 aliphatic rings. The van der Waals surface area contributed by atoms with Gasteiger partial charge in [0.25, 0.3) is 5.56 Å². The first kappa shape index (κ1) is 21.0. The zero-order valence-electron chi connectivity index (χ0n) is 16.4. The van der Waals surface area contributed by atoms with Crippen LogP contribution in [0.15, 0.2) is 77.6 Å². The second kappa shape index (κ2) is 8.14. The molecule has 1 heterocycles. The molecule has 0 fully saturated rings. The highest BCUT2D eigenvalue weighted by molar-refractivity contribution is 5.88. The predicted molar refractivity (Wildman–Crippen MR) is 115 cm³/mol. The summed E-state index contributed by atoms with van der Waals surface area (Å²) in [5, 5.41) is 9.47. The van der Waals surface area contributed by atoms with Gasteiger partial charge in [-0.2, -0.15) is 13.2 Å². The topological polar surface area (TPSA) is 72.2 Å². The normalized spacial score (nSPS) is 11.8. The van der Waals surface area contributed by atoms with E-state index in [1.165, 1.54) is 53.1 Å². The maximum Gasteiger partial charge on any atom is 0.416 e. The van der Waals surface area contributed by atoms with Crippen LogP contribution in [0.25, 0.3) is 28.7 Å². The van der Waals surface area contributed by atoms with Gasteiger partial charge in [-0.05, 0) is 60.2 Å². The van der Waals surface area contributed by atoms with Gasteiger partial charge >= 0.3 is 12.1 Å². The third kappa shape index (κ3) is 4.15. The molecular formula is C24H15F3N2O3. The number of hydrogen-bond donors (Lipinski definition) is 1. The third-order valence-corrected chi connectivity index (χ3v) is 4.81. The number of benzene rings is 3. The molecule has 0 bridgehead atoms. The van der Waals surface area contributed by atoms with Gasteiger partial charge in [0, 0.05) is 0 Å². The maximum atomic E-state index is 13.2. The SMILES string of the molecule is O=C(O)c1ccc(-n2c(C=Cc3cccc(C(F)(F)F)c3)nc3ccccc3c2=O)cc1. The van der Waals surface area contributed by atoms with Crippen LogP contribution in [0.2, 0.25) is 0 Å². The summed E-state index contributed by atoms with van der Waals surface area (Å²) in [6.07, 6.45) is -1.58. The van der Waals surface area contributed by atoms with Crippen molar-refractivity contribution in [3.05, 3.63) is 106 Å². The fourth-order valence-corrected chi connectivity index (χ4v) is 3.25. The van der Waals surface area contributed by atoms with Gasteiger partial charge < -0.3 is 5.11 Å². The summed E-state index contributed by atoms with van der Waals surface area (Å²) in [5.41, 5.74) is -0.0247. The summed E-state index contributed by atoms with van der Waals surface area (Å²) in [6.45, 7) is 0. The van der Waals surface area contributed by atoms with E-state index >= 15 is 0 Å². The summed E-state index contributed by atoms with van der Waals surface area (Å²) < 4.78 is 40.3. The van der Waals surface area contributed by atoms with E-state index in [-0.39, 0.29) is 22.5 Å². The fraction of sp³-hybridized carbons (Fsp3) is 0.0417. The third-order valence-electron chi connectivity index (χ3n) is 4.81. The van der Waals surface area contributed by atoms with Crippen molar-refractivity contribution in [3.63, 3.8) is 0 Å². The number of fused-ring (bicyclic) bond motifs is 1. The van der Waals surface area contributed by atoms with E-state index in [1.807, 2.05) is 0 Å². The van der Waals surface area contributed by atoms with Crippen LogP contribution < -0.4 is 5.56 Å². The van der Waals surface area contributed by atoms with Crippen LogP contribution in [0, 0.1) is 0 Å². The molecule has 160 valence electrons. The number of carboxylic acids is 1. The fourth-order valence-electron chi connectivity index (χ4n) is 3.25.